The molecule has 0 saturated carbocycles. The summed E-state index contributed by atoms with van der Waals surface area (Å²) in [6.07, 6.45) is -0.192. The summed E-state index contributed by atoms with van der Waals surface area (Å²) in [5.74, 6) is -0.0332. The van der Waals surface area contributed by atoms with E-state index in [-0.39, 0.29) is 12.1 Å². The van der Waals surface area contributed by atoms with Crippen LogP contribution in [0.1, 0.15) is 27.7 Å². The molecule has 2 aromatic carbocycles. The van der Waals surface area contributed by atoms with Gasteiger partial charge in [0.25, 0.3) is 5.91 Å². The van der Waals surface area contributed by atoms with E-state index in [9.17, 15) is 4.79 Å². The average molecular weight is 281 g/mol. The highest BCUT2D eigenvalue weighted by Gasteiger charge is 2.25. The van der Waals surface area contributed by atoms with Crippen molar-refractivity contribution in [1.29, 1.82) is 0 Å². The maximum absolute atomic E-state index is 12.2. The second kappa shape index (κ2) is 5.13. The van der Waals surface area contributed by atoms with E-state index < -0.39 is 0 Å². The lowest BCUT2D eigenvalue weighted by Crippen LogP contribution is -2.38. The molecule has 0 aromatic heterocycles. The Labute approximate surface area is 124 Å². The van der Waals surface area contributed by atoms with Crippen molar-refractivity contribution in [2.24, 2.45) is 0 Å². The number of carbonyl (C=O) groups is 1. The first-order chi connectivity index (χ1) is 10.1. The molecular weight excluding hydrogens is 262 g/mol. The number of amides is 1. The Bertz CT molecular complexity index is 677. The van der Waals surface area contributed by atoms with Crippen LogP contribution in [0.25, 0.3) is 0 Å². The van der Waals surface area contributed by atoms with E-state index in [1.54, 1.807) is 0 Å². The lowest BCUT2D eigenvalue weighted by molar-refractivity contribution is 0.0935. The van der Waals surface area contributed by atoms with Crippen molar-refractivity contribution in [3.8, 4) is 0 Å². The molecule has 0 bridgehead atoms. The molecular formula is C17H19N3O. The standard InChI is InChI=1S/C17H19N3O/c1-11-5-4-6-14-15(11)18-16(19-17(14)21)12-7-9-13(10-8-12)20(2)3/h4-10,16,18H,1-3H3,(H,19,21)/t16-/m0/s1. The topological polar surface area (TPSA) is 44.4 Å². The van der Waals surface area contributed by atoms with Crippen LogP contribution in [-0.2, 0) is 0 Å². The molecule has 4 heteroatoms. The summed E-state index contributed by atoms with van der Waals surface area (Å²) in [6.45, 7) is 2.01. The Hall–Kier alpha value is -2.49. The van der Waals surface area contributed by atoms with Crippen LogP contribution in [0.15, 0.2) is 42.5 Å². The van der Waals surface area contributed by atoms with Gasteiger partial charge in [0.15, 0.2) is 0 Å². The Morgan fingerprint density at radius 3 is 2.38 bits per heavy atom. The van der Waals surface area contributed by atoms with Crippen molar-refractivity contribution in [3.63, 3.8) is 0 Å². The number of para-hydroxylation sites is 1. The molecule has 1 aliphatic heterocycles. The number of fused-ring (bicyclic) bond motifs is 1. The van der Waals surface area contributed by atoms with Gasteiger partial charge in [-0.2, -0.15) is 0 Å². The molecule has 2 N–H and O–H groups in total. The van der Waals surface area contributed by atoms with Crippen LogP contribution in [0.4, 0.5) is 11.4 Å². The summed E-state index contributed by atoms with van der Waals surface area (Å²) >= 11 is 0. The molecule has 1 atom stereocenters. The van der Waals surface area contributed by atoms with Gasteiger partial charge in [0, 0.05) is 19.8 Å². The smallest absolute Gasteiger partial charge is 0.255 e. The van der Waals surface area contributed by atoms with Crippen molar-refractivity contribution in [3.05, 3.63) is 59.2 Å². The van der Waals surface area contributed by atoms with Gasteiger partial charge >= 0.3 is 0 Å². The minimum absolute atomic E-state index is 0.0332. The average Bonchev–Trinajstić information content (AvgIpc) is 2.48. The van der Waals surface area contributed by atoms with Crippen LogP contribution in [0.2, 0.25) is 0 Å². The number of carbonyl (C=O) groups excluding carboxylic acids is 1. The molecule has 108 valence electrons. The molecule has 0 spiro atoms. The molecule has 4 nitrogen and oxygen atoms in total. The molecule has 1 heterocycles. The monoisotopic (exact) mass is 281 g/mol. The predicted octanol–water partition coefficient (Wildman–Crippen LogP) is 2.92. The van der Waals surface area contributed by atoms with Crippen LogP contribution < -0.4 is 15.5 Å². The summed E-state index contributed by atoms with van der Waals surface area (Å²) in [6, 6.07) is 13.9. The third-order valence-electron chi connectivity index (χ3n) is 3.82. The maximum Gasteiger partial charge on any atom is 0.255 e. The molecule has 3 rings (SSSR count). The molecule has 1 amide bonds. The number of hydrogen-bond donors (Lipinski definition) is 2. The number of hydrogen-bond acceptors (Lipinski definition) is 3. The maximum atomic E-state index is 12.2. The first kappa shape index (κ1) is 13.5. The van der Waals surface area contributed by atoms with Crippen LogP contribution >= 0.6 is 0 Å². The van der Waals surface area contributed by atoms with Crippen LogP contribution in [0.5, 0.6) is 0 Å². The van der Waals surface area contributed by atoms with Gasteiger partial charge in [-0.25, -0.2) is 0 Å². The fourth-order valence-corrected chi connectivity index (χ4v) is 2.57. The SMILES string of the molecule is Cc1cccc2c1N[C@H](c1ccc(N(C)C)cc1)NC2=O. The summed E-state index contributed by atoms with van der Waals surface area (Å²) < 4.78 is 0. The van der Waals surface area contributed by atoms with Crippen LogP contribution in [0, 0.1) is 6.92 Å². The summed E-state index contributed by atoms with van der Waals surface area (Å²) in [5.41, 5.74) is 4.89. The van der Waals surface area contributed by atoms with E-state index in [1.165, 1.54) is 0 Å². The zero-order valence-corrected chi connectivity index (χ0v) is 12.5. The highest BCUT2D eigenvalue weighted by molar-refractivity contribution is 6.02. The van der Waals surface area contributed by atoms with E-state index in [4.69, 9.17) is 0 Å². The fourth-order valence-electron chi connectivity index (χ4n) is 2.57. The van der Waals surface area contributed by atoms with Gasteiger partial charge in [0.2, 0.25) is 0 Å². The van der Waals surface area contributed by atoms with Gasteiger partial charge < -0.3 is 15.5 Å². The minimum atomic E-state index is -0.192. The predicted molar refractivity (Wildman–Crippen MR) is 85.8 cm³/mol. The Balaban J connectivity index is 1.92. The van der Waals surface area contributed by atoms with Gasteiger partial charge in [-0.3, -0.25) is 4.79 Å². The van der Waals surface area contributed by atoms with Crippen molar-refractivity contribution in [2.45, 2.75) is 13.1 Å². The van der Waals surface area contributed by atoms with Gasteiger partial charge in [-0.1, -0.05) is 24.3 Å². The second-order valence-electron chi connectivity index (χ2n) is 5.53. The lowest BCUT2D eigenvalue weighted by atomic mass is 10.0. The van der Waals surface area contributed by atoms with Crippen LogP contribution in [0.3, 0.4) is 0 Å². The number of rotatable bonds is 2. The van der Waals surface area contributed by atoms with Gasteiger partial charge in [0.1, 0.15) is 6.17 Å². The number of nitrogens with zero attached hydrogens (tertiary/aromatic N) is 1. The van der Waals surface area contributed by atoms with E-state index in [2.05, 4.69) is 27.7 Å². The van der Waals surface area contributed by atoms with Gasteiger partial charge in [-0.15, -0.1) is 0 Å². The van der Waals surface area contributed by atoms with E-state index in [0.29, 0.717) is 5.56 Å². The number of anilines is 2. The summed E-state index contributed by atoms with van der Waals surface area (Å²) in [4.78, 5) is 14.3. The third kappa shape index (κ3) is 2.44. The summed E-state index contributed by atoms with van der Waals surface area (Å²) in [7, 11) is 4.02. The van der Waals surface area contributed by atoms with Crippen LogP contribution in [-0.4, -0.2) is 20.0 Å². The first-order valence-corrected chi connectivity index (χ1v) is 7.00. The zero-order chi connectivity index (χ0) is 15.0. The van der Waals surface area contributed by atoms with E-state index >= 15 is 0 Å². The molecule has 0 radical (unpaired) electrons. The van der Waals surface area contributed by atoms with Gasteiger partial charge in [-0.05, 0) is 36.2 Å². The normalized spacial score (nSPS) is 16.7. The molecule has 0 unspecified atom stereocenters. The molecule has 2 aromatic rings. The van der Waals surface area contributed by atoms with E-state index in [1.807, 2.05) is 51.4 Å². The third-order valence-corrected chi connectivity index (χ3v) is 3.82. The highest BCUT2D eigenvalue weighted by Crippen LogP contribution is 2.29. The lowest BCUT2D eigenvalue weighted by Gasteiger charge is -2.29. The molecule has 0 fully saturated rings. The minimum Gasteiger partial charge on any atom is -0.378 e. The molecule has 0 saturated heterocycles. The van der Waals surface area contributed by atoms with Crippen molar-refractivity contribution < 1.29 is 4.79 Å². The highest BCUT2D eigenvalue weighted by atomic mass is 16.2. The molecule has 21 heavy (non-hydrogen) atoms. The first-order valence-electron chi connectivity index (χ1n) is 7.00. The summed E-state index contributed by atoms with van der Waals surface area (Å²) in [5, 5.41) is 6.42. The van der Waals surface area contributed by atoms with E-state index in [0.717, 1.165) is 22.5 Å². The number of aryl methyl sites for hydroxylation is 1. The Kier molecular flexibility index (Phi) is 3.29. The Morgan fingerprint density at radius 2 is 1.71 bits per heavy atom. The zero-order valence-electron chi connectivity index (χ0n) is 12.5. The fraction of sp³-hybridized carbons (Fsp3) is 0.235. The largest absolute Gasteiger partial charge is 0.378 e. The van der Waals surface area contributed by atoms with Gasteiger partial charge in [0.05, 0.1) is 11.3 Å². The molecule has 1 aliphatic rings. The second-order valence-corrected chi connectivity index (χ2v) is 5.53. The Morgan fingerprint density at radius 1 is 1.00 bits per heavy atom. The molecule has 0 aliphatic carbocycles. The van der Waals surface area contributed by atoms with Crippen molar-refractivity contribution in [1.82, 2.24) is 5.32 Å². The quantitative estimate of drug-likeness (QED) is 0.889. The number of nitrogens with one attached hydrogen (secondary N) is 2. The van der Waals surface area contributed by atoms with Crippen molar-refractivity contribution in [2.75, 3.05) is 24.3 Å². The number of benzene rings is 2. The van der Waals surface area contributed by atoms with Crippen molar-refractivity contribution >= 4 is 17.3 Å².